The fraction of sp³-hybridized carbons (Fsp3) is 0.286. The number of rotatable bonds is 5. The van der Waals surface area contributed by atoms with E-state index in [1.54, 1.807) is 11.3 Å². The molecule has 4 heteroatoms. The summed E-state index contributed by atoms with van der Waals surface area (Å²) in [5, 5.41) is 0. The van der Waals surface area contributed by atoms with Gasteiger partial charge in [0.05, 0.1) is 13.2 Å². The molecule has 96 valence electrons. The Labute approximate surface area is 120 Å². The van der Waals surface area contributed by atoms with Crippen molar-refractivity contribution in [2.24, 2.45) is 5.73 Å². The Morgan fingerprint density at radius 3 is 2.78 bits per heavy atom. The molecule has 0 fully saturated rings. The summed E-state index contributed by atoms with van der Waals surface area (Å²) in [6.07, 6.45) is 0. The topological polar surface area (TPSA) is 35.2 Å². The van der Waals surface area contributed by atoms with Crippen LogP contribution in [0.3, 0.4) is 0 Å². The molecule has 0 aliphatic carbocycles. The van der Waals surface area contributed by atoms with Crippen molar-refractivity contribution in [1.29, 1.82) is 0 Å². The van der Waals surface area contributed by atoms with Gasteiger partial charge in [-0.15, -0.1) is 11.3 Å². The number of benzene rings is 1. The summed E-state index contributed by atoms with van der Waals surface area (Å²) in [6, 6.07) is 10.3. The molecule has 0 spiro atoms. The Balaban J connectivity index is 1.90. The van der Waals surface area contributed by atoms with E-state index in [1.807, 2.05) is 12.1 Å². The molecule has 2 aromatic rings. The largest absolute Gasteiger partial charge is 0.372 e. The molecule has 0 atom stereocenters. The predicted octanol–water partition coefficient (Wildman–Crippen LogP) is 3.99. The van der Waals surface area contributed by atoms with Gasteiger partial charge in [0.25, 0.3) is 0 Å². The number of hydrogen-bond donors (Lipinski definition) is 1. The van der Waals surface area contributed by atoms with Gasteiger partial charge in [0.15, 0.2) is 0 Å². The summed E-state index contributed by atoms with van der Waals surface area (Å²) >= 11 is 5.21. The van der Waals surface area contributed by atoms with Crippen molar-refractivity contribution in [3.8, 4) is 0 Å². The summed E-state index contributed by atoms with van der Waals surface area (Å²) in [4.78, 5) is 2.51. The van der Waals surface area contributed by atoms with E-state index >= 15 is 0 Å². The van der Waals surface area contributed by atoms with Crippen LogP contribution in [0.25, 0.3) is 0 Å². The van der Waals surface area contributed by atoms with E-state index in [-0.39, 0.29) is 0 Å². The Bertz CT molecular complexity index is 524. The van der Waals surface area contributed by atoms with Gasteiger partial charge >= 0.3 is 0 Å². The molecule has 0 bridgehead atoms. The van der Waals surface area contributed by atoms with Crippen molar-refractivity contribution >= 4 is 27.3 Å². The zero-order valence-electron chi connectivity index (χ0n) is 10.3. The number of aryl methyl sites for hydroxylation is 1. The first-order valence-electron chi connectivity index (χ1n) is 5.79. The van der Waals surface area contributed by atoms with Crippen molar-refractivity contribution in [2.75, 3.05) is 0 Å². The highest BCUT2D eigenvalue weighted by Gasteiger charge is 2.04. The lowest BCUT2D eigenvalue weighted by Crippen LogP contribution is -1.95. The van der Waals surface area contributed by atoms with Gasteiger partial charge < -0.3 is 10.5 Å². The lowest BCUT2D eigenvalue weighted by Gasteiger charge is -2.04. The minimum Gasteiger partial charge on any atom is -0.372 e. The Kier molecular flexibility index (Phi) is 4.95. The Hall–Kier alpha value is -0.680. The van der Waals surface area contributed by atoms with Crippen LogP contribution in [0, 0.1) is 6.92 Å². The maximum Gasteiger partial charge on any atom is 0.0732 e. The fourth-order valence-electron chi connectivity index (χ4n) is 1.74. The second-order valence-corrected chi connectivity index (χ2v) is 6.38. The highest BCUT2D eigenvalue weighted by Crippen LogP contribution is 2.22. The molecule has 0 aliphatic heterocycles. The molecule has 0 aliphatic rings. The molecule has 2 rings (SSSR count). The summed E-state index contributed by atoms with van der Waals surface area (Å²) in [7, 11) is 0. The molecule has 0 unspecified atom stereocenters. The Morgan fingerprint density at radius 1 is 1.28 bits per heavy atom. The third-order valence-electron chi connectivity index (χ3n) is 2.69. The molecule has 0 amide bonds. The molecule has 2 N–H and O–H groups in total. The van der Waals surface area contributed by atoms with Crippen molar-refractivity contribution in [3.63, 3.8) is 0 Å². The van der Waals surface area contributed by atoms with Crippen LogP contribution in [0.15, 0.2) is 34.8 Å². The fourth-order valence-corrected chi connectivity index (χ4v) is 3.11. The van der Waals surface area contributed by atoms with Gasteiger partial charge in [0.1, 0.15) is 0 Å². The SMILES string of the molecule is Cc1sc(CN)cc1COCc1cccc(Br)c1. The maximum absolute atomic E-state index is 5.74. The van der Waals surface area contributed by atoms with E-state index in [1.165, 1.54) is 20.9 Å². The van der Waals surface area contributed by atoms with Gasteiger partial charge in [-0.25, -0.2) is 0 Å². The number of hydrogen-bond acceptors (Lipinski definition) is 3. The monoisotopic (exact) mass is 325 g/mol. The van der Waals surface area contributed by atoms with Crippen LogP contribution in [0.2, 0.25) is 0 Å². The highest BCUT2D eigenvalue weighted by atomic mass is 79.9. The van der Waals surface area contributed by atoms with Gasteiger partial charge in [0, 0.05) is 20.8 Å². The number of nitrogens with two attached hydrogens (primary N) is 1. The summed E-state index contributed by atoms with van der Waals surface area (Å²) in [6.45, 7) is 4.00. The molecular weight excluding hydrogens is 310 g/mol. The Morgan fingerprint density at radius 2 is 2.11 bits per heavy atom. The van der Waals surface area contributed by atoms with E-state index in [0.717, 1.165) is 4.47 Å². The first kappa shape index (κ1) is 13.7. The molecule has 2 nitrogen and oxygen atoms in total. The molecule has 1 heterocycles. The van der Waals surface area contributed by atoms with Crippen LogP contribution in [0.1, 0.15) is 20.9 Å². The highest BCUT2D eigenvalue weighted by molar-refractivity contribution is 9.10. The predicted molar refractivity (Wildman–Crippen MR) is 79.6 cm³/mol. The third kappa shape index (κ3) is 3.65. The number of thiophene rings is 1. The van der Waals surface area contributed by atoms with E-state index in [9.17, 15) is 0 Å². The summed E-state index contributed by atoms with van der Waals surface area (Å²) in [5.74, 6) is 0. The van der Waals surface area contributed by atoms with Crippen molar-refractivity contribution in [2.45, 2.75) is 26.7 Å². The molecule has 1 aromatic heterocycles. The number of ether oxygens (including phenoxy) is 1. The van der Waals surface area contributed by atoms with Crippen LogP contribution in [0.4, 0.5) is 0 Å². The lowest BCUT2D eigenvalue weighted by atomic mass is 10.2. The lowest BCUT2D eigenvalue weighted by molar-refractivity contribution is 0.107. The zero-order chi connectivity index (χ0) is 13.0. The minimum atomic E-state index is 0.608. The van der Waals surface area contributed by atoms with Crippen LogP contribution < -0.4 is 5.73 Å². The summed E-state index contributed by atoms with van der Waals surface area (Å²) < 4.78 is 6.83. The van der Waals surface area contributed by atoms with Crippen molar-refractivity contribution < 1.29 is 4.74 Å². The van der Waals surface area contributed by atoms with Crippen LogP contribution >= 0.6 is 27.3 Å². The van der Waals surface area contributed by atoms with E-state index in [2.05, 4.69) is 41.1 Å². The quantitative estimate of drug-likeness (QED) is 0.901. The number of halogens is 1. The molecule has 18 heavy (non-hydrogen) atoms. The van der Waals surface area contributed by atoms with Crippen molar-refractivity contribution in [3.05, 3.63) is 55.7 Å². The smallest absolute Gasteiger partial charge is 0.0732 e. The average molecular weight is 326 g/mol. The van der Waals surface area contributed by atoms with Gasteiger partial charge in [-0.05, 0) is 36.2 Å². The van der Waals surface area contributed by atoms with Gasteiger partial charge in [-0.3, -0.25) is 0 Å². The third-order valence-corrected chi connectivity index (χ3v) is 4.30. The van der Waals surface area contributed by atoms with E-state index in [0.29, 0.717) is 19.8 Å². The standard InChI is InChI=1S/C14H16BrNOS/c1-10-12(6-14(7-16)18-10)9-17-8-11-3-2-4-13(15)5-11/h2-6H,7-9,16H2,1H3. The second kappa shape index (κ2) is 6.48. The van der Waals surface area contributed by atoms with Crippen molar-refractivity contribution in [1.82, 2.24) is 0 Å². The normalized spacial score (nSPS) is 10.8. The zero-order valence-corrected chi connectivity index (χ0v) is 12.7. The van der Waals surface area contributed by atoms with Gasteiger partial charge in [-0.1, -0.05) is 28.1 Å². The minimum absolute atomic E-state index is 0.608. The van der Waals surface area contributed by atoms with E-state index < -0.39 is 0 Å². The summed E-state index contributed by atoms with van der Waals surface area (Å²) in [5.41, 5.74) is 8.06. The average Bonchev–Trinajstić information content (AvgIpc) is 2.71. The molecule has 0 radical (unpaired) electrons. The van der Waals surface area contributed by atoms with Crippen LogP contribution in [-0.4, -0.2) is 0 Å². The first-order valence-corrected chi connectivity index (χ1v) is 7.40. The van der Waals surface area contributed by atoms with Gasteiger partial charge in [-0.2, -0.15) is 0 Å². The van der Waals surface area contributed by atoms with Gasteiger partial charge in [0.2, 0.25) is 0 Å². The maximum atomic E-state index is 5.74. The van der Waals surface area contributed by atoms with E-state index in [4.69, 9.17) is 10.5 Å². The molecular formula is C14H16BrNOS. The van der Waals surface area contributed by atoms with Crippen LogP contribution in [-0.2, 0) is 24.5 Å². The second-order valence-electron chi connectivity index (χ2n) is 4.12. The molecule has 1 aromatic carbocycles. The van der Waals surface area contributed by atoms with Crippen LogP contribution in [0.5, 0.6) is 0 Å². The molecule has 0 saturated carbocycles. The first-order chi connectivity index (χ1) is 8.69. The molecule has 0 saturated heterocycles.